The monoisotopic (exact) mass is 264 g/mol. The molecule has 1 aliphatic rings. The Morgan fingerprint density at radius 3 is 2.62 bits per heavy atom. The van der Waals surface area contributed by atoms with Crippen LogP contribution in [0.1, 0.15) is 19.8 Å². The van der Waals surface area contributed by atoms with Crippen molar-refractivity contribution in [1.82, 2.24) is 5.32 Å². The van der Waals surface area contributed by atoms with Crippen molar-refractivity contribution in [2.75, 3.05) is 11.5 Å². The van der Waals surface area contributed by atoms with Crippen LogP contribution >= 0.6 is 12.2 Å². The van der Waals surface area contributed by atoms with Gasteiger partial charge in [0.1, 0.15) is 0 Å². The van der Waals surface area contributed by atoms with E-state index in [1.165, 1.54) is 0 Å². The second-order valence-corrected chi connectivity index (χ2v) is 6.67. The summed E-state index contributed by atoms with van der Waals surface area (Å²) >= 11 is 4.78. The summed E-state index contributed by atoms with van der Waals surface area (Å²) in [4.78, 5) is 11.9. The average molecular weight is 264 g/mol. The van der Waals surface area contributed by atoms with E-state index in [0.29, 0.717) is 12.8 Å². The van der Waals surface area contributed by atoms with Crippen LogP contribution in [0, 0.1) is 5.92 Å². The Bertz CT molecular complexity index is 392. The predicted molar refractivity (Wildman–Crippen MR) is 65.8 cm³/mol. The Morgan fingerprint density at radius 2 is 2.25 bits per heavy atom. The molecule has 3 N–H and O–H groups in total. The molecule has 16 heavy (non-hydrogen) atoms. The molecule has 0 aromatic heterocycles. The summed E-state index contributed by atoms with van der Waals surface area (Å²) in [5.74, 6) is -0.607. The topological polar surface area (TPSA) is 89.3 Å². The molecule has 92 valence electrons. The van der Waals surface area contributed by atoms with Crippen molar-refractivity contribution in [2.24, 2.45) is 11.7 Å². The number of hydrogen-bond acceptors (Lipinski definition) is 4. The number of amides is 1. The first-order valence-corrected chi connectivity index (χ1v) is 7.39. The normalized spacial score (nSPS) is 24.9. The summed E-state index contributed by atoms with van der Waals surface area (Å²) in [7, 11) is -2.97. The summed E-state index contributed by atoms with van der Waals surface area (Å²) in [5.41, 5.74) is 5.43. The smallest absolute Gasteiger partial charge is 0.230 e. The summed E-state index contributed by atoms with van der Waals surface area (Å²) in [6.07, 6.45) is 1.00. The lowest BCUT2D eigenvalue weighted by Gasteiger charge is -2.16. The zero-order valence-corrected chi connectivity index (χ0v) is 10.7. The molecule has 5 nitrogen and oxygen atoms in total. The first-order valence-electron chi connectivity index (χ1n) is 5.16. The maximum absolute atomic E-state index is 11.7. The van der Waals surface area contributed by atoms with E-state index in [2.05, 4.69) is 5.32 Å². The molecule has 0 aromatic carbocycles. The van der Waals surface area contributed by atoms with Gasteiger partial charge in [0.25, 0.3) is 0 Å². The molecule has 1 fully saturated rings. The summed E-state index contributed by atoms with van der Waals surface area (Å²) < 4.78 is 22.4. The Labute approximate surface area is 101 Å². The zero-order valence-electron chi connectivity index (χ0n) is 9.10. The number of carbonyl (C=O) groups is 1. The van der Waals surface area contributed by atoms with Gasteiger partial charge in [0, 0.05) is 6.04 Å². The molecule has 0 aromatic rings. The van der Waals surface area contributed by atoms with Crippen LogP contribution in [-0.2, 0) is 14.6 Å². The van der Waals surface area contributed by atoms with Gasteiger partial charge < -0.3 is 11.1 Å². The number of hydrogen-bond donors (Lipinski definition) is 2. The number of carbonyl (C=O) groups excluding carboxylic acids is 1. The molecule has 2 unspecified atom stereocenters. The van der Waals surface area contributed by atoms with E-state index in [0.717, 1.165) is 0 Å². The second-order valence-electron chi connectivity index (χ2n) is 3.97. The molecule has 7 heteroatoms. The maximum Gasteiger partial charge on any atom is 0.230 e. The van der Waals surface area contributed by atoms with Crippen LogP contribution < -0.4 is 11.1 Å². The number of sulfone groups is 1. The minimum absolute atomic E-state index is 0.0203. The third kappa shape index (κ3) is 3.41. The predicted octanol–water partition coefficient (Wildman–Crippen LogP) is -0.398. The van der Waals surface area contributed by atoms with E-state index in [4.69, 9.17) is 18.0 Å². The summed E-state index contributed by atoms with van der Waals surface area (Å²) in [5, 5.41) is 2.68. The van der Waals surface area contributed by atoms with Crippen LogP contribution in [0.15, 0.2) is 0 Å². The standard InChI is InChI=1S/C9H16N2O3S2/c1-2-7(8(10)15)9(12)11-6-3-4-16(13,14)5-6/h6-7H,2-5H2,1H3,(H2,10,15)(H,11,12). The van der Waals surface area contributed by atoms with Gasteiger partial charge in [0.05, 0.1) is 22.4 Å². The molecule has 0 radical (unpaired) electrons. The molecule has 0 aliphatic carbocycles. The fourth-order valence-corrected chi connectivity index (χ4v) is 3.67. The lowest BCUT2D eigenvalue weighted by molar-refractivity contribution is -0.123. The quantitative estimate of drug-likeness (QED) is 0.675. The van der Waals surface area contributed by atoms with Crippen molar-refractivity contribution in [3.8, 4) is 0 Å². The summed E-state index contributed by atoms with van der Waals surface area (Å²) in [6, 6.07) is -0.291. The van der Waals surface area contributed by atoms with Crippen LogP contribution in [0.2, 0.25) is 0 Å². The van der Waals surface area contributed by atoms with Crippen molar-refractivity contribution in [3.05, 3.63) is 0 Å². The highest BCUT2D eigenvalue weighted by atomic mass is 32.2. The van der Waals surface area contributed by atoms with E-state index in [-0.39, 0.29) is 28.4 Å². The fraction of sp³-hybridized carbons (Fsp3) is 0.778. The van der Waals surface area contributed by atoms with E-state index in [1.807, 2.05) is 6.92 Å². The fourth-order valence-electron chi connectivity index (χ4n) is 1.73. The molecule has 1 rings (SSSR count). The average Bonchev–Trinajstić information content (AvgIpc) is 2.45. The molecule has 1 heterocycles. The molecule has 0 saturated carbocycles. The van der Waals surface area contributed by atoms with Gasteiger partial charge in [-0.15, -0.1) is 0 Å². The van der Waals surface area contributed by atoms with E-state index < -0.39 is 15.8 Å². The molecule has 1 amide bonds. The van der Waals surface area contributed by atoms with Gasteiger partial charge in [-0.25, -0.2) is 8.42 Å². The third-order valence-electron chi connectivity index (χ3n) is 2.65. The summed E-state index contributed by atoms with van der Waals surface area (Å²) in [6.45, 7) is 1.81. The maximum atomic E-state index is 11.7. The lowest BCUT2D eigenvalue weighted by atomic mass is 10.1. The Morgan fingerprint density at radius 1 is 1.62 bits per heavy atom. The minimum Gasteiger partial charge on any atom is -0.393 e. The van der Waals surface area contributed by atoms with Crippen LogP contribution in [0.25, 0.3) is 0 Å². The van der Waals surface area contributed by atoms with Gasteiger partial charge >= 0.3 is 0 Å². The third-order valence-corrected chi connectivity index (χ3v) is 4.70. The molecule has 0 bridgehead atoms. The van der Waals surface area contributed by atoms with Gasteiger partial charge in [-0.2, -0.15) is 0 Å². The minimum atomic E-state index is -2.97. The van der Waals surface area contributed by atoms with Gasteiger partial charge in [-0.05, 0) is 12.8 Å². The Kier molecular flexibility index (Phi) is 4.26. The molecular weight excluding hydrogens is 248 g/mol. The SMILES string of the molecule is CCC(C(=O)NC1CCS(=O)(=O)C1)C(N)=S. The number of nitrogens with two attached hydrogens (primary N) is 1. The molecule has 2 atom stereocenters. The van der Waals surface area contributed by atoms with Crippen molar-refractivity contribution in [2.45, 2.75) is 25.8 Å². The first kappa shape index (κ1) is 13.4. The van der Waals surface area contributed by atoms with Crippen molar-refractivity contribution < 1.29 is 13.2 Å². The van der Waals surface area contributed by atoms with Crippen LogP contribution in [-0.4, -0.2) is 36.9 Å². The Balaban J connectivity index is 2.55. The molecule has 1 aliphatic heterocycles. The van der Waals surface area contributed by atoms with Crippen molar-refractivity contribution in [3.63, 3.8) is 0 Å². The second kappa shape index (κ2) is 5.09. The lowest BCUT2D eigenvalue weighted by Crippen LogP contribution is -2.43. The van der Waals surface area contributed by atoms with E-state index in [1.54, 1.807) is 0 Å². The Hall–Kier alpha value is -0.690. The molecule has 0 spiro atoms. The number of thiocarbonyl (C=S) groups is 1. The number of rotatable bonds is 4. The number of nitrogens with one attached hydrogen (secondary N) is 1. The largest absolute Gasteiger partial charge is 0.393 e. The van der Waals surface area contributed by atoms with Gasteiger partial charge in [-0.1, -0.05) is 19.1 Å². The van der Waals surface area contributed by atoms with Crippen LogP contribution in [0.5, 0.6) is 0 Å². The van der Waals surface area contributed by atoms with Crippen molar-refractivity contribution in [1.29, 1.82) is 0 Å². The highest BCUT2D eigenvalue weighted by Crippen LogP contribution is 2.12. The van der Waals surface area contributed by atoms with Gasteiger partial charge in [0.2, 0.25) is 5.91 Å². The highest BCUT2D eigenvalue weighted by molar-refractivity contribution is 7.91. The highest BCUT2D eigenvalue weighted by Gasteiger charge is 2.30. The molecular formula is C9H16N2O3S2. The van der Waals surface area contributed by atoms with Crippen molar-refractivity contribution >= 4 is 33.0 Å². The first-order chi connectivity index (χ1) is 7.35. The van der Waals surface area contributed by atoms with Gasteiger partial charge in [0.15, 0.2) is 9.84 Å². The van der Waals surface area contributed by atoms with Crippen LogP contribution in [0.3, 0.4) is 0 Å². The zero-order chi connectivity index (χ0) is 12.3. The van der Waals surface area contributed by atoms with E-state index >= 15 is 0 Å². The van der Waals surface area contributed by atoms with E-state index in [9.17, 15) is 13.2 Å². The van der Waals surface area contributed by atoms with Crippen LogP contribution in [0.4, 0.5) is 0 Å². The molecule has 1 saturated heterocycles. The van der Waals surface area contributed by atoms with Gasteiger partial charge in [-0.3, -0.25) is 4.79 Å².